The number of fused-ring (bicyclic) bond motifs is 1. The predicted molar refractivity (Wildman–Crippen MR) is 105 cm³/mol. The van der Waals surface area contributed by atoms with Gasteiger partial charge in [-0.1, -0.05) is 12.8 Å². The van der Waals surface area contributed by atoms with Gasteiger partial charge in [0.05, 0.1) is 25.7 Å². The van der Waals surface area contributed by atoms with Gasteiger partial charge in [0.2, 0.25) is 5.91 Å². The molecule has 0 radical (unpaired) electrons. The molecule has 1 saturated heterocycles. The average molecular weight is 383 g/mol. The number of ether oxygens (including phenoxy) is 2. The molecule has 1 aliphatic carbocycles. The highest BCUT2D eigenvalue weighted by Crippen LogP contribution is 2.44. The van der Waals surface area contributed by atoms with Crippen LogP contribution in [0.3, 0.4) is 0 Å². The molecule has 146 valence electrons. The van der Waals surface area contributed by atoms with Crippen molar-refractivity contribution in [3.05, 3.63) is 23.3 Å². The van der Waals surface area contributed by atoms with Gasteiger partial charge in [-0.3, -0.25) is 4.79 Å². The summed E-state index contributed by atoms with van der Waals surface area (Å²) in [7, 11) is 3.27. The number of hydrogen-bond donors (Lipinski definition) is 2. The average Bonchev–Trinajstić information content (AvgIpc) is 3.06. The van der Waals surface area contributed by atoms with Crippen molar-refractivity contribution in [3.8, 4) is 11.5 Å². The molecule has 1 unspecified atom stereocenters. The van der Waals surface area contributed by atoms with Crippen molar-refractivity contribution in [3.63, 3.8) is 0 Å². The van der Waals surface area contributed by atoms with E-state index in [0.717, 1.165) is 43.5 Å². The van der Waals surface area contributed by atoms with E-state index in [-0.39, 0.29) is 29.8 Å². The molecule has 1 saturated carbocycles. The minimum absolute atomic E-state index is 0. The lowest BCUT2D eigenvalue weighted by Gasteiger charge is -2.38. The van der Waals surface area contributed by atoms with Crippen LogP contribution in [0.1, 0.15) is 49.8 Å². The van der Waals surface area contributed by atoms with E-state index < -0.39 is 0 Å². The lowest BCUT2D eigenvalue weighted by Crippen LogP contribution is -2.48. The van der Waals surface area contributed by atoms with Crippen LogP contribution < -0.4 is 20.1 Å². The van der Waals surface area contributed by atoms with Gasteiger partial charge in [0.1, 0.15) is 0 Å². The fourth-order valence-electron chi connectivity index (χ4n) is 4.57. The summed E-state index contributed by atoms with van der Waals surface area (Å²) >= 11 is 0. The third-order valence-electron chi connectivity index (χ3n) is 6.08. The largest absolute Gasteiger partial charge is 0.493 e. The van der Waals surface area contributed by atoms with E-state index in [2.05, 4.69) is 10.6 Å². The molecule has 0 spiro atoms. The van der Waals surface area contributed by atoms with Gasteiger partial charge in [0, 0.05) is 6.54 Å². The van der Waals surface area contributed by atoms with Crippen LogP contribution in [-0.4, -0.2) is 33.2 Å². The van der Waals surface area contributed by atoms with Gasteiger partial charge in [-0.15, -0.1) is 12.4 Å². The quantitative estimate of drug-likeness (QED) is 0.819. The molecule has 1 aromatic carbocycles. The van der Waals surface area contributed by atoms with Crippen LogP contribution in [0.25, 0.3) is 0 Å². The first-order chi connectivity index (χ1) is 12.0. The number of carbonyl (C=O) groups excluding carboxylic acids is 1. The van der Waals surface area contributed by atoms with Crippen molar-refractivity contribution >= 4 is 18.3 Å². The van der Waals surface area contributed by atoms with Crippen LogP contribution in [0.2, 0.25) is 0 Å². The van der Waals surface area contributed by atoms with Crippen LogP contribution in [0.5, 0.6) is 11.5 Å². The highest BCUT2D eigenvalue weighted by molar-refractivity contribution is 5.85. The van der Waals surface area contributed by atoms with Gasteiger partial charge >= 0.3 is 0 Å². The highest BCUT2D eigenvalue weighted by Gasteiger charge is 2.50. The number of benzene rings is 1. The fraction of sp³-hybridized carbons (Fsp3) is 0.650. The van der Waals surface area contributed by atoms with Crippen molar-refractivity contribution in [2.24, 2.45) is 11.3 Å². The summed E-state index contributed by atoms with van der Waals surface area (Å²) < 4.78 is 10.8. The maximum absolute atomic E-state index is 13.2. The third kappa shape index (κ3) is 3.65. The SMILES string of the molecule is COc1cc(C)c(C(C)NC(=O)[C@@]23CCCC[C@H]2CNC3)cc1OC.Cl. The smallest absolute Gasteiger partial charge is 0.228 e. The zero-order chi connectivity index (χ0) is 18.0. The molecule has 26 heavy (non-hydrogen) atoms. The Morgan fingerprint density at radius 3 is 2.65 bits per heavy atom. The van der Waals surface area contributed by atoms with Gasteiger partial charge in [-0.2, -0.15) is 0 Å². The van der Waals surface area contributed by atoms with Crippen LogP contribution >= 0.6 is 12.4 Å². The Balaban J connectivity index is 0.00000243. The van der Waals surface area contributed by atoms with E-state index in [1.807, 2.05) is 26.0 Å². The van der Waals surface area contributed by atoms with E-state index in [4.69, 9.17) is 9.47 Å². The minimum atomic E-state index is -0.225. The molecule has 0 bridgehead atoms. The van der Waals surface area contributed by atoms with E-state index in [0.29, 0.717) is 17.4 Å². The van der Waals surface area contributed by atoms with Gasteiger partial charge in [0.25, 0.3) is 0 Å². The second kappa shape index (κ2) is 8.49. The molecule has 1 aliphatic heterocycles. The molecule has 1 aromatic rings. The zero-order valence-electron chi connectivity index (χ0n) is 16.2. The van der Waals surface area contributed by atoms with E-state index in [9.17, 15) is 4.79 Å². The number of nitrogens with one attached hydrogen (secondary N) is 2. The van der Waals surface area contributed by atoms with E-state index in [1.165, 1.54) is 6.42 Å². The van der Waals surface area contributed by atoms with Crippen molar-refractivity contribution < 1.29 is 14.3 Å². The normalized spacial score (nSPS) is 25.6. The summed E-state index contributed by atoms with van der Waals surface area (Å²) in [5.74, 6) is 2.08. The number of aryl methyl sites for hydroxylation is 1. The summed E-state index contributed by atoms with van der Waals surface area (Å²) in [6.07, 6.45) is 4.54. The Morgan fingerprint density at radius 1 is 1.27 bits per heavy atom. The molecule has 5 nitrogen and oxygen atoms in total. The Bertz CT molecular complexity index is 652. The molecule has 0 aromatic heterocycles. The molecule has 1 heterocycles. The second-order valence-corrected chi connectivity index (χ2v) is 7.49. The number of hydrogen-bond acceptors (Lipinski definition) is 4. The standard InChI is InChI=1S/C20H30N2O3.ClH/c1-13-9-17(24-3)18(25-4)10-16(13)14(2)22-19(23)20-8-6-5-7-15(20)11-21-12-20;/h9-10,14-15,21H,5-8,11-12H2,1-4H3,(H,22,23);1H/t14?,15-,20+;/m0./s1. The molecule has 6 heteroatoms. The van der Waals surface area contributed by atoms with Gasteiger partial charge in [-0.05, 0) is 62.4 Å². The molecule has 2 fully saturated rings. The minimum Gasteiger partial charge on any atom is -0.493 e. The molecule has 1 amide bonds. The molecular formula is C20H31ClN2O3. The number of rotatable bonds is 5. The third-order valence-corrected chi connectivity index (χ3v) is 6.08. The number of halogens is 1. The Morgan fingerprint density at radius 2 is 1.96 bits per heavy atom. The predicted octanol–water partition coefficient (Wildman–Crippen LogP) is 3.39. The molecular weight excluding hydrogens is 352 g/mol. The van der Waals surface area contributed by atoms with Crippen molar-refractivity contribution in [2.75, 3.05) is 27.3 Å². The first kappa shape index (κ1) is 20.8. The summed E-state index contributed by atoms with van der Waals surface area (Å²) in [5, 5.41) is 6.73. The molecule has 3 atom stereocenters. The maximum atomic E-state index is 13.2. The van der Waals surface area contributed by atoms with Crippen LogP contribution in [-0.2, 0) is 4.79 Å². The first-order valence-corrected chi connectivity index (χ1v) is 9.26. The van der Waals surface area contributed by atoms with Crippen molar-refractivity contribution in [1.82, 2.24) is 10.6 Å². The summed E-state index contributed by atoms with van der Waals surface area (Å²) in [5.41, 5.74) is 1.94. The van der Waals surface area contributed by atoms with Gasteiger partial charge < -0.3 is 20.1 Å². The first-order valence-electron chi connectivity index (χ1n) is 9.26. The zero-order valence-corrected chi connectivity index (χ0v) is 17.0. The summed E-state index contributed by atoms with van der Waals surface area (Å²) in [4.78, 5) is 13.2. The van der Waals surface area contributed by atoms with Gasteiger partial charge in [-0.25, -0.2) is 0 Å². The molecule has 3 rings (SSSR count). The van der Waals surface area contributed by atoms with Crippen LogP contribution in [0.4, 0.5) is 0 Å². The van der Waals surface area contributed by atoms with Crippen LogP contribution in [0.15, 0.2) is 12.1 Å². The highest BCUT2D eigenvalue weighted by atomic mass is 35.5. The molecule has 2 aliphatic rings. The Hall–Kier alpha value is -1.46. The van der Waals surface area contributed by atoms with Crippen molar-refractivity contribution in [1.29, 1.82) is 0 Å². The monoisotopic (exact) mass is 382 g/mol. The van der Waals surface area contributed by atoms with Gasteiger partial charge in [0.15, 0.2) is 11.5 Å². The lowest BCUT2D eigenvalue weighted by atomic mass is 9.67. The lowest BCUT2D eigenvalue weighted by molar-refractivity contribution is -0.134. The maximum Gasteiger partial charge on any atom is 0.228 e. The topological polar surface area (TPSA) is 59.6 Å². The second-order valence-electron chi connectivity index (χ2n) is 7.49. The van der Waals surface area contributed by atoms with Crippen LogP contribution in [0, 0.1) is 18.3 Å². The Labute approximate surface area is 162 Å². The number of amides is 1. The number of carbonyl (C=O) groups is 1. The van der Waals surface area contributed by atoms with Crippen molar-refractivity contribution in [2.45, 2.75) is 45.6 Å². The fourth-order valence-corrected chi connectivity index (χ4v) is 4.57. The summed E-state index contributed by atoms with van der Waals surface area (Å²) in [6, 6.07) is 3.88. The molecule has 2 N–H and O–H groups in total. The van der Waals surface area contributed by atoms with E-state index in [1.54, 1.807) is 14.2 Å². The summed E-state index contributed by atoms with van der Waals surface area (Å²) in [6.45, 7) is 5.86. The number of methoxy groups -OCH3 is 2. The Kier molecular flexibility index (Phi) is 6.80. The van der Waals surface area contributed by atoms with E-state index >= 15 is 0 Å².